The second-order valence-corrected chi connectivity index (χ2v) is 11.5. The molecule has 0 unspecified atom stereocenters. The standard InChI is InChI=1S/C23H29BrClN3O4S/c1-16(2)13-26-23(30)17(3)27(14-18-5-9-20(25)10-6-18)22(29)15-28(33(4,31)32)21-11-7-19(24)8-12-21/h5-12,16-17H,13-15H2,1-4H3,(H,26,30)/t17-/m0/s1. The lowest BCUT2D eigenvalue weighted by Crippen LogP contribution is -2.51. The molecule has 2 rings (SSSR count). The number of benzene rings is 2. The predicted octanol–water partition coefficient (Wildman–Crippen LogP) is 4.06. The van der Waals surface area contributed by atoms with Crippen LogP contribution in [0.4, 0.5) is 5.69 Å². The summed E-state index contributed by atoms with van der Waals surface area (Å²) in [5.74, 6) is -0.550. The van der Waals surface area contributed by atoms with Gasteiger partial charge in [0.25, 0.3) is 0 Å². The summed E-state index contributed by atoms with van der Waals surface area (Å²) in [5, 5.41) is 3.40. The maximum absolute atomic E-state index is 13.4. The van der Waals surface area contributed by atoms with Gasteiger partial charge in [0.1, 0.15) is 12.6 Å². The number of carbonyl (C=O) groups excluding carboxylic acids is 2. The molecule has 0 saturated heterocycles. The Bertz CT molecular complexity index is 1060. The zero-order valence-corrected chi connectivity index (χ0v) is 22.2. The monoisotopic (exact) mass is 557 g/mol. The van der Waals surface area contributed by atoms with Crippen LogP contribution in [0.15, 0.2) is 53.0 Å². The van der Waals surface area contributed by atoms with E-state index in [-0.39, 0.29) is 18.4 Å². The Hall–Kier alpha value is -2.10. The molecule has 10 heteroatoms. The van der Waals surface area contributed by atoms with E-state index in [1.807, 2.05) is 13.8 Å². The maximum Gasteiger partial charge on any atom is 0.244 e. The van der Waals surface area contributed by atoms with E-state index in [1.165, 1.54) is 4.90 Å². The summed E-state index contributed by atoms with van der Waals surface area (Å²) in [6.07, 6.45) is 1.05. The highest BCUT2D eigenvalue weighted by Gasteiger charge is 2.30. The molecule has 0 saturated carbocycles. The van der Waals surface area contributed by atoms with Gasteiger partial charge in [-0.15, -0.1) is 0 Å². The lowest BCUT2D eigenvalue weighted by atomic mass is 10.1. The van der Waals surface area contributed by atoms with Crippen LogP contribution in [-0.2, 0) is 26.2 Å². The fourth-order valence-corrected chi connectivity index (χ4v) is 4.28. The molecular formula is C23H29BrClN3O4S. The first-order valence-corrected chi connectivity index (χ1v) is 13.4. The van der Waals surface area contributed by atoms with Crippen molar-refractivity contribution in [1.29, 1.82) is 0 Å². The number of nitrogens with one attached hydrogen (secondary N) is 1. The van der Waals surface area contributed by atoms with Crippen molar-refractivity contribution in [3.63, 3.8) is 0 Å². The molecular weight excluding hydrogens is 530 g/mol. The minimum atomic E-state index is -3.75. The molecule has 2 amide bonds. The first-order chi connectivity index (χ1) is 15.4. The molecule has 0 bridgehead atoms. The first-order valence-electron chi connectivity index (χ1n) is 10.4. The highest BCUT2D eigenvalue weighted by molar-refractivity contribution is 9.10. The quantitative estimate of drug-likeness (QED) is 0.477. The van der Waals surface area contributed by atoms with E-state index in [1.54, 1.807) is 55.5 Å². The summed E-state index contributed by atoms with van der Waals surface area (Å²) in [7, 11) is -3.75. The van der Waals surface area contributed by atoms with E-state index in [2.05, 4.69) is 21.2 Å². The van der Waals surface area contributed by atoms with E-state index in [9.17, 15) is 18.0 Å². The fourth-order valence-electron chi connectivity index (χ4n) is 3.04. The van der Waals surface area contributed by atoms with Crippen LogP contribution in [0.3, 0.4) is 0 Å². The smallest absolute Gasteiger partial charge is 0.244 e. The molecule has 2 aromatic rings. The molecule has 0 heterocycles. The highest BCUT2D eigenvalue weighted by atomic mass is 79.9. The summed E-state index contributed by atoms with van der Waals surface area (Å²) in [4.78, 5) is 27.5. The average Bonchev–Trinajstić information content (AvgIpc) is 2.74. The second kappa shape index (κ2) is 11.9. The van der Waals surface area contributed by atoms with Gasteiger partial charge in [-0.25, -0.2) is 8.42 Å². The van der Waals surface area contributed by atoms with Gasteiger partial charge in [0.05, 0.1) is 11.9 Å². The van der Waals surface area contributed by atoms with Crippen molar-refractivity contribution in [3.05, 3.63) is 63.6 Å². The maximum atomic E-state index is 13.4. The molecule has 33 heavy (non-hydrogen) atoms. The third-order valence-electron chi connectivity index (χ3n) is 4.91. The number of hydrogen-bond donors (Lipinski definition) is 1. The summed E-state index contributed by atoms with van der Waals surface area (Å²) in [6, 6.07) is 12.8. The summed E-state index contributed by atoms with van der Waals surface area (Å²) in [6.45, 7) is 5.75. The molecule has 180 valence electrons. The van der Waals surface area contributed by atoms with Crippen LogP contribution >= 0.6 is 27.5 Å². The molecule has 0 aliphatic carbocycles. The first kappa shape index (κ1) is 27.1. The minimum absolute atomic E-state index is 0.129. The molecule has 0 spiro atoms. The lowest BCUT2D eigenvalue weighted by molar-refractivity contribution is -0.139. The largest absolute Gasteiger partial charge is 0.354 e. The van der Waals surface area contributed by atoms with Crippen molar-refractivity contribution in [2.75, 3.05) is 23.7 Å². The highest BCUT2D eigenvalue weighted by Crippen LogP contribution is 2.22. The lowest BCUT2D eigenvalue weighted by Gasteiger charge is -2.31. The number of sulfonamides is 1. The Kier molecular flexibility index (Phi) is 9.75. The number of hydrogen-bond acceptors (Lipinski definition) is 4. The molecule has 2 aromatic carbocycles. The van der Waals surface area contributed by atoms with Crippen molar-refractivity contribution in [1.82, 2.24) is 10.2 Å². The predicted molar refractivity (Wildman–Crippen MR) is 136 cm³/mol. The molecule has 0 aliphatic rings. The van der Waals surface area contributed by atoms with Crippen molar-refractivity contribution in [2.24, 2.45) is 5.92 Å². The number of anilines is 1. The Balaban J connectivity index is 2.34. The van der Waals surface area contributed by atoms with Gasteiger partial charge < -0.3 is 10.2 Å². The molecule has 7 nitrogen and oxygen atoms in total. The Labute approximate surface area is 209 Å². The van der Waals surface area contributed by atoms with E-state index in [0.29, 0.717) is 17.3 Å². The van der Waals surface area contributed by atoms with Crippen LogP contribution in [0.1, 0.15) is 26.3 Å². The van der Waals surface area contributed by atoms with Gasteiger partial charge >= 0.3 is 0 Å². The van der Waals surface area contributed by atoms with Gasteiger partial charge in [-0.3, -0.25) is 13.9 Å². The van der Waals surface area contributed by atoms with Crippen molar-refractivity contribution >= 4 is 55.1 Å². The molecule has 0 aromatic heterocycles. The summed E-state index contributed by atoms with van der Waals surface area (Å²) >= 11 is 9.30. The van der Waals surface area contributed by atoms with E-state index in [0.717, 1.165) is 20.6 Å². The molecule has 1 atom stereocenters. The third-order valence-corrected chi connectivity index (χ3v) is 6.83. The van der Waals surface area contributed by atoms with Crippen molar-refractivity contribution in [3.8, 4) is 0 Å². The molecule has 0 aliphatic heterocycles. The zero-order chi connectivity index (χ0) is 24.8. The van der Waals surface area contributed by atoms with E-state index < -0.39 is 28.5 Å². The Morgan fingerprint density at radius 1 is 1.03 bits per heavy atom. The zero-order valence-electron chi connectivity index (χ0n) is 19.1. The van der Waals surface area contributed by atoms with Crippen LogP contribution < -0.4 is 9.62 Å². The van der Waals surface area contributed by atoms with Gasteiger partial charge in [0, 0.05) is 22.6 Å². The average molecular weight is 559 g/mol. The number of amides is 2. The minimum Gasteiger partial charge on any atom is -0.354 e. The topological polar surface area (TPSA) is 86.8 Å². The normalized spacial score (nSPS) is 12.3. The van der Waals surface area contributed by atoms with E-state index >= 15 is 0 Å². The van der Waals surface area contributed by atoms with Crippen LogP contribution in [0.2, 0.25) is 5.02 Å². The third kappa shape index (κ3) is 8.32. The summed E-state index contributed by atoms with van der Waals surface area (Å²) < 4.78 is 26.8. The van der Waals surface area contributed by atoms with Gasteiger partial charge in [0.15, 0.2) is 0 Å². The van der Waals surface area contributed by atoms with Crippen LogP contribution in [0.5, 0.6) is 0 Å². The van der Waals surface area contributed by atoms with Crippen molar-refractivity contribution in [2.45, 2.75) is 33.4 Å². The van der Waals surface area contributed by atoms with Gasteiger partial charge in [-0.2, -0.15) is 0 Å². The summed E-state index contributed by atoms with van der Waals surface area (Å²) in [5.41, 5.74) is 1.13. The number of carbonyl (C=O) groups is 2. The second-order valence-electron chi connectivity index (χ2n) is 8.21. The van der Waals surface area contributed by atoms with Crippen molar-refractivity contribution < 1.29 is 18.0 Å². The Morgan fingerprint density at radius 2 is 1.61 bits per heavy atom. The van der Waals surface area contributed by atoms with E-state index in [4.69, 9.17) is 11.6 Å². The Morgan fingerprint density at radius 3 is 2.12 bits per heavy atom. The van der Waals surface area contributed by atoms with Crippen LogP contribution in [-0.4, -0.2) is 50.5 Å². The van der Waals surface area contributed by atoms with Crippen LogP contribution in [0.25, 0.3) is 0 Å². The SMILES string of the molecule is CC(C)CNC(=O)[C@H](C)N(Cc1ccc(Cl)cc1)C(=O)CN(c1ccc(Br)cc1)S(C)(=O)=O. The molecule has 0 radical (unpaired) electrons. The van der Waals surface area contributed by atoms with Gasteiger partial charge in [0.2, 0.25) is 21.8 Å². The fraction of sp³-hybridized carbons (Fsp3) is 0.391. The van der Waals surface area contributed by atoms with Gasteiger partial charge in [-0.1, -0.05) is 53.5 Å². The molecule has 1 N–H and O–H groups in total. The molecule has 0 fully saturated rings. The van der Waals surface area contributed by atoms with Crippen LogP contribution in [0, 0.1) is 5.92 Å². The number of rotatable bonds is 10. The number of halogens is 2. The number of nitrogens with zero attached hydrogens (tertiary/aromatic N) is 2. The van der Waals surface area contributed by atoms with Gasteiger partial charge in [-0.05, 0) is 54.8 Å².